The lowest BCUT2D eigenvalue weighted by Crippen LogP contribution is -2.42. The van der Waals surface area contributed by atoms with Crippen molar-refractivity contribution < 1.29 is 0 Å². The zero-order valence-electron chi connectivity index (χ0n) is 15.9. The monoisotopic (exact) mass is 344 g/mol. The molecular formula is C24H28N2. The van der Waals surface area contributed by atoms with Crippen LogP contribution in [0.15, 0.2) is 54.9 Å². The van der Waals surface area contributed by atoms with Gasteiger partial charge in [-0.2, -0.15) is 0 Å². The SMILES string of the molecule is CC1CC2CC(C)CC(c3ccc(-c4cn5ccccc5n4)cc3)(C1)C2. The Labute approximate surface area is 156 Å². The standard InChI is InChI=1S/C24H28N2/c1-17-11-19-12-18(2)14-24(13-17,15-19)21-8-6-20(7-9-21)22-16-26-10-4-3-5-23(26)25-22/h3-10,16-19H,11-15H2,1-2H3. The molecule has 26 heavy (non-hydrogen) atoms. The smallest absolute Gasteiger partial charge is 0.137 e. The first-order valence-corrected chi connectivity index (χ1v) is 10.2. The molecule has 2 heteroatoms. The number of pyridine rings is 1. The fraction of sp³-hybridized carbons (Fsp3) is 0.458. The molecule has 2 saturated carbocycles. The minimum Gasteiger partial charge on any atom is -0.306 e. The van der Waals surface area contributed by atoms with Crippen molar-refractivity contribution in [1.29, 1.82) is 0 Å². The lowest BCUT2D eigenvalue weighted by molar-refractivity contribution is 0.0780. The van der Waals surface area contributed by atoms with Crippen molar-refractivity contribution in [2.24, 2.45) is 17.8 Å². The maximum Gasteiger partial charge on any atom is 0.137 e. The van der Waals surface area contributed by atoms with Gasteiger partial charge in [0.15, 0.2) is 0 Å². The maximum atomic E-state index is 4.77. The van der Waals surface area contributed by atoms with Gasteiger partial charge in [0.25, 0.3) is 0 Å². The molecule has 2 nitrogen and oxygen atoms in total. The Morgan fingerprint density at radius 1 is 0.923 bits per heavy atom. The number of nitrogens with zero attached hydrogens (tertiary/aromatic N) is 2. The molecule has 0 radical (unpaired) electrons. The summed E-state index contributed by atoms with van der Waals surface area (Å²) in [5, 5.41) is 0. The third-order valence-corrected chi connectivity index (χ3v) is 6.79. The molecule has 2 aromatic heterocycles. The van der Waals surface area contributed by atoms with Crippen LogP contribution >= 0.6 is 0 Å². The highest BCUT2D eigenvalue weighted by molar-refractivity contribution is 5.63. The van der Waals surface area contributed by atoms with Crippen LogP contribution in [-0.2, 0) is 5.41 Å². The number of fused-ring (bicyclic) bond motifs is 3. The van der Waals surface area contributed by atoms with Gasteiger partial charge in [0.05, 0.1) is 5.69 Å². The average Bonchev–Trinajstić information content (AvgIpc) is 3.05. The van der Waals surface area contributed by atoms with Gasteiger partial charge in [0.2, 0.25) is 0 Å². The lowest BCUT2D eigenvalue weighted by Gasteiger charge is -2.50. The van der Waals surface area contributed by atoms with Crippen LogP contribution in [0.25, 0.3) is 16.9 Å². The number of rotatable bonds is 2. The second-order valence-electron chi connectivity index (χ2n) is 9.11. The highest BCUT2D eigenvalue weighted by Gasteiger charge is 2.45. The molecule has 0 amide bonds. The number of benzene rings is 1. The van der Waals surface area contributed by atoms with E-state index in [9.17, 15) is 0 Å². The minimum atomic E-state index is 0.414. The molecule has 2 fully saturated rings. The normalized spacial score (nSPS) is 31.2. The van der Waals surface area contributed by atoms with Crippen molar-refractivity contribution in [3.05, 3.63) is 60.4 Å². The van der Waals surface area contributed by atoms with E-state index in [0.29, 0.717) is 5.41 Å². The van der Waals surface area contributed by atoms with Crippen LogP contribution in [0, 0.1) is 17.8 Å². The molecule has 0 saturated heterocycles. The van der Waals surface area contributed by atoms with E-state index in [2.05, 4.69) is 61.0 Å². The first-order valence-electron chi connectivity index (χ1n) is 10.2. The predicted molar refractivity (Wildman–Crippen MR) is 107 cm³/mol. The largest absolute Gasteiger partial charge is 0.306 e. The number of hydrogen-bond acceptors (Lipinski definition) is 1. The molecule has 2 aliphatic carbocycles. The Balaban J connectivity index is 1.49. The van der Waals surface area contributed by atoms with Crippen LogP contribution in [-0.4, -0.2) is 9.38 Å². The quantitative estimate of drug-likeness (QED) is 0.548. The fourth-order valence-corrected chi connectivity index (χ4v) is 6.13. The molecule has 0 N–H and O–H groups in total. The Morgan fingerprint density at radius 3 is 2.35 bits per heavy atom. The summed E-state index contributed by atoms with van der Waals surface area (Å²) >= 11 is 0. The van der Waals surface area contributed by atoms with Crippen molar-refractivity contribution in [1.82, 2.24) is 9.38 Å². The van der Waals surface area contributed by atoms with E-state index in [-0.39, 0.29) is 0 Å². The predicted octanol–water partition coefficient (Wildman–Crippen LogP) is 6.11. The molecule has 0 spiro atoms. The van der Waals surface area contributed by atoms with Crippen molar-refractivity contribution in [3.63, 3.8) is 0 Å². The van der Waals surface area contributed by atoms with Gasteiger partial charge in [-0.1, -0.05) is 44.2 Å². The van der Waals surface area contributed by atoms with Crippen molar-refractivity contribution in [2.75, 3.05) is 0 Å². The minimum absolute atomic E-state index is 0.414. The third-order valence-electron chi connectivity index (χ3n) is 6.79. The van der Waals surface area contributed by atoms with E-state index in [1.165, 1.54) is 37.7 Å². The number of aromatic nitrogens is 2. The van der Waals surface area contributed by atoms with E-state index in [4.69, 9.17) is 4.98 Å². The van der Waals surface area contributed by atoms with Crippen LogP contribution in [0.1, 0.15) is 51.5 Å². The molecule has 3 aromatic rings. The summed E-state index contributed by atoms with van der Waals surface area (Å²) < 4.78 is 2.10. The molecular weight excluding hydrogens is 316 g/mol. The second-order valence-corrected chi connectivity index (χ2v) is 9.11. The summed E-state index contributed by atoms with van der Waals surface area (Å²) in [6.45, 7) is 4.92. The van der Waals surface area contributed by atoms with Gasteiger partial charge >= 0.3 is 0 Å². The Bertz CT molecular complexity index is 868. The summed E-state index contributed by atoms with van der Waals surface area (Å²) in [5.74, 6) is 2.65. The molecule has 2 unspecified atom stereocenters. The summed E-state index contributed by atoms with van der Waals surface area (Å²) in [5.41, 5.74) is 5.27. The zero-order chi connectivity index (χ0) is 17.7. The van der Waals surface area contributed by atoms with Gasteiger partial charge in [0.1, 0.15) is 5.65 Å². The van der Waals surface area contributed by atoms with Gasteiger partial charge in [-0.25, -0.2) is 4.98 Å². The Kier molecular flexibility index (Phi) is 3.70. The van der Waals surface area contributed by atoms with Gasteiger partial charge in [-0.05, 0) is 73.0 Å². The van der Waals surface area contributed by atoms with Crippen LogP contribution in [0.2, 0.25) is 0 Å². The topological polar surface area (TPSA) is 17.3 Å². The highest BCUT2D eigenvalue weighted by atomic mass is 15.0. The number of hydrogen-bond donors (Lipinski definition) is 0. The lowest BCUT2D eigenvalue weighted by atomic mass is 9.54. The maximum absolute atomic E-state index is 4.77. The molecule has 5 rings (SSSR count). The Hall–Kier alpha value is -2.09. The van der Waals surface area contributed by atoms with E-state index in [0.717, 1.165) is 29.1 Å². The molecule has 2 atom stereocenters. The second kappa shape index (κ2) is 5.97. The average molecular weight is 345 g/mol. The molecule has 2 heterocycles. The molecule has 2 aliphatic rings. The van der Waals surface area contributed by atoms with Crippen LogP contribution in [0.3, 0.4) is 0 Å². The molecule has 2 bridgehead atoms. The fourth-order valence-electron chi connectivity index (χ4n) is 6.13. The van der Waals surface area contributed by atoms with Gasteiger partial charge < -0.3 is 4.40 Å². The molecule has 0 aliphatic heterocycles. The first kappa shape index (κ1) is 16.1. The Morgan fingerprint density at radius 2 is 1.65 bits per heavy atom. The van der Waals surface area contributed by atoms with E-state index < -0.39 is 0 Å². The summed E-state index contributed by atoms with van der Waals surface area (Å²) in [7, 11) is 0. The first-order chi connectivity index (χ1) is 12.6. The van der Waals surface area contributed by atoms with Crippen molar-refractivity contribution >= 4 is 5.65 Å². The van der Waals surface area contributed by atoms with Crippen LogP contribution in [0.4, 0.5) is 0 Å². The van der Waals surface area contributed by atoms with Crippen molar-refractivity contribution in [2.45, 2.75) is 51.4 Å². The highest BCUT2D eigenvalue weighted by Crippen LogP contribution is 2.54. The third kappa shape index (κ3) is 2.67. The van der Waals surface area contributed by atoms with E-state index in [1.54, 1.807) is 5.56 Å². The van der Waals surface area contributed by atoms with Gasteiger partial charge in [-0.15, -0.1) is 0 Å². The number of imidazole rings is 1. The summed E-state index contributed by atoms with van der Waals surface area (Å²) in [6.07, 6.45) is 11.2. The van der Waals surface area contributed by atoms with Crippen molar-refractivity contribution in [3.8, 4) is 11.3 Å². The molecule has 1 aromatic carbocycles. The van der Waals surface area contributed by atoms with E-state index in [1.807, 2.05) is 12.1 Å². The van der Waals surface area contributed by atoms with Gasteiger partial charge in [-0.3, -0.25) is 0 Å². The summed E-state index contributed by atoms with van der Waals surface area (Å²) in [6, 6.07) is 15.5. The van der Waals surface area contributed by atoms with Gasteiger partial charge in [0, 0.05) is 18.0 Å². The van der Waals surface area contributed by atoms with Crippen LogP contribution < -0.4 is 0 Å². The summed E-state index contributed by atoms with van der Waals surface area (Å²) in [4.78, 5) is 4.77. The zero-order valence-corrected chi connectivity index (χ0v) is 15.9. The van der Waals surface area contributed by atoms with Crippen LogP contribution in [0.5, 0.6) is 0 Å². The molecule has 134 valence electrons. The van der Waals surface area contributed by atoms with E-state index >= 15 is 0 Å².